The number of hydrogen-bond acceptors (Lipinski definition) is 4. The van der Waals surface area contributed by atoms with Crippen molar-refractivity contribution in [3.8, 4) is 5.75 Å². The highest BCUT2D eigenvalue weighted by atomic mass is 35.5. The molecule has 26 heavy (non-hydrogen) atoms. The first-order valence-electron chi connectivity index (χ1n) is 7.86. The largest absolute Gasteiger partial charge is 0.490 e. The summed E-state index contributed by atoms with van der Waals surface area (Å²) in [6.45, 7) is 1.82. The first-order chi connectivity index (χ1) is 12.3. The van der Waals surface area contributed by atoms with E-state index >= 15 is 0 Å². The molecular weight excluding hydrogens is 386 g/mol. The molecule has 1 atom stereocenters. The highest BCUT2D eigenvalue weighted by Crippen LogP contribution is 2.42. The Bertz CT molecular complexity index is 883. The van der Waals surface area contributed by atoms with Crippen LogP contribution in [0.2, 0.25) is 5.02 Å². The van der Waals surface area contributed by atoms with Crippen molar-refractivity contribution in [3.63, 3.8) is 0 Å². The molecule has 0 bridgehead atoms. The van der Waals surface area contributed by atoms with Crippen molar-refractivity contribution in [1.82, 2.24) is 0 Å². The third kappa shape index (κ3) is 4.22. The quantitative estimate of drug-likeness (QED) is 0.708. The van der Waals surface area contributed by atoms with Gasteiger partial charge in [0.15, 0.2) is 21.4 Å². The summed E-state index contributed by atoms with van der Waals surface area (Å²) < 4.78 is 58.4. The standard InChI is InChI=1S/C15H11ClF2O3S.C3H6O/c16-9-1-3-10(4-2-9)22(19,20)13-7-8-21-15-12(18)6-5-11(17)14(13)15;1-2-3-4/h1-6,13H,7-8H2;3H,2H2,1H3. The number of benzene rings is 2. The normalized spacial score (nSPS) is 15.9. The third-order valence-electron chi connectivity index (χ3n) is 3.73. The summed E-state index contributed by atoms with van der Waals surface area (Å²) in [5.41, 5.74) is -0.249. The van der Waals surface area contributed by atoms with E-state index in [-0.39, 0.29) is 29.2 Å². The number of ether oxygens (including phenoxy) is 1. The molecule has 0 amide bonds. The molecule has 2 aromatic rings. The molecule has 4 nitrogen and oxygen atoms in total. The van der Waals surface area contributed by atoms with Gasteiger partial charge in [0.2, 0.25) is 0 Å². The first-order valence-corrected chi connectivity index (χ1v) is 9.79. The molecule has 0 aliphatic carbocycles. The van der Waals surface area contributed by atoms with Gasteiger partial charge in [-0.25, -0.2) is 17.2 Å². The van der Waals surface area contributed by atoms with Crippen LogP contribution >= 0.6 is 11.6 Å². The molecule has 1 aliphatic rings. The van der Waals surface area contributed by atoms with Gasteiger partial charge in [-0.3, -0.25) is 0 Å². The van der Waals surface area contributed by atoms with Gasteiger partial charge in [0.05, 0.1) is 17.1 Å². The number of fused-ring (bicyclic) bond motifs is 1. The van der Waals surface area contributed by atoms with Crippen LogP contribution in [-0.4, -0.2) is 21.3 Å². The van der Waals surface area contributed by atoms with Gasteiger partial charge in [-0.15, -0.1) is 0 Å². The Labute approximate surface area is 155 Å². The molecule has 1 aliphatic heterocycles. The van der Waals surface area contributed by atoms with Crippen molar-refractivity contribution in [2.75, 3.05) is 6.61 Å². The van der Waals surface area contributed by atoms with E-state index in [9.17, 15) is 22.0 Å². The number of halogens is 3. The Morgan fingerprint density at radius 2 is 1.73 bits per heavy atom. The van der Waals surface area contributed by atoms with Crippen LogP contribution in [-0.2, 0) is 14.6 Å². The van der Waals surface area contributed by atoms with E-state index < -0.39 is 26.7 Å². The second-order valence-electron chi connectivity index (χ2n) is 5.47. The van der Waals surface area contributed by atoms with Crippen molar-refractivity contribution >= 4 is 27.7 Å². The average molecular weight is 403 g/mol. The summed E-state index contributed by atoms with van der Waals surface area (Å²) in [6, 6.07) is 7.42. The van der Waals surface area contributed by atoms with Crippen molar-refractivity contribution < 1.29 is 26.7 Å². The fourth-order valence-corrected chi connectivity index (χ4v) is 4.41. The van der Waals surface area contributed by atoms with Gasteiger partial charge in [-0.1, -0.05) is 18.5 Å². The van der Waals surface area contributed by atoms with Crippen LogP contribution in [0.5, 0.6) is 5.75 Å². The number of aldehydes is 1. The lowest BCUT2D eigenvalue weighted by Crippen LogP contribution is -2.23. The zero-order chi connectivity index (χ0) is 19.3. The third-order valence-corrected chi connectivity index (χ3v) is 6.13. The monoisotopic (exact) mass is 402 g/mol. The molecule has 0 fully saturated rings. The highest BCUT2D eigenvalue weighted by molar-refractivity contribution is 7.91. The Morgan fingerprint density at radius 1 is 1.15 bits per heavy atom. The maximum Gasteiger partial charge on any atom is 0.185 e. The maximum absolute atomic E-state index is 14.1. The van der Waals surface area contributed by atoms with Gasteiger partial charge >= 0.3 is 0 Å². The second-order valence-corrected chi connectivity index (χ2v) is 8.04. The fraction of sp³-hybridized carbons (Fsp3) is 0.278. The summed E-state index contributed by atoms with van der Waals surface area (Å²) in [5, 5.41) is -0.795. The molecule has 3 rings (SSSR count). The zero-order valence-corrected chi connectivity index (χ0v) is 15.5. The molecule has 2 aromatic carbocycles. The molecule has 1 heterocycles. The molecule has 8 heteroatoms. The summed E-state index contributed by atoms with van der Waals surface area (Å²) >= 11 is 5.75. The van der Waals surface area contributed by atoms with Gasteiger partial charge in [-0.2, -0.15) is 0 Å². The first kappa shape index (κ1) is 20.3. The molecule has 0 saturated heterocycles. The Morgan fingerprint density at radius 3 is 2.31 bits per heavy atom. The van der Waals surface area contributed by atoms with Gasteiger partial charge in [-0.05, 0) is 36.4 Å². The summed E-state index contributed by atoms with van der Waals surface area (Å²) in [7, 11) is -3.88. The number of carbonyl (C=O) groups is 1. The van der Waals surface area contributed by atoms with Crippen LogP contribution in [0.3, 0.4) is 0 Å². The molecular formula is C18H17ClF2O4S. The van der Waals surface area contributed by atoms with E-state index in [1.54, 1.807) is 0 Å². The average Bonchev–Trinajstić information content (AvgIpc) is 2.65. The topological polar surface area (TPSA) is 60.4 Å². The summed E-state index contributed by atoms with van der Waals surface area (Å²) in [6.07, 6.45) is 1.57. The van der Waals surface area contributed by atoms with Crippen LogP contribution in [0.25, 0.3) is 0 Å². The van der Waals surface area contributed by atoms with Crippen molar-refractivity contribution in [2.45, 2.75) is 29.9 Å². The maximum atomic E-state index is 14.1. The Kier molecular flexibility index (Phi) is 6.72. The lowest BCUT2D eigenvalue weighted by molar-refractivity contribution is -0.107. The molecule has 0 spiro atoms. The molecule has 0 aromatic heterocycles. The summed E-state index contributed by atoms with van der Waals surface area (Å²) in [5.74, 6) is -1.89. The van der Waals surface area contributed by atoms with E-state index in [4.69, 9.17) is 16.3 Å². The Hall–Kier alpha value is -1.99. The SMILES string of the molecule is CCC=O.O=S(=O)(c1ccc(Cl)cc1)C1CCOc2c(F)ccc(F)c21. The van der Waals surface area contributed by atoms with E-state index in [0.717, 1.165) is 18.4 Å². The minimum absolute atomic E-state index is 0.00482. The molecule has 140 valence electrons. The smallest absolute Gasteiger partial charge is 0.185 e. The minimum Gasteiger partial charge on any atom is -0.490 e. The van der Waals surface area contributed by atoms with Gasteiger partial charge in [0, 0.05) is 17.9 Å². The molecule has 0 N–H and O–H groups in total. The van der Waals surface area contributed by atoms with Crippen LogP contribution in [0.4, 0.5) is 8.78 Å². The fourth-order valence-electron chi connectivity index (χ4n) is 2.51. The molecule has 0 saturated carbocycles. The summed E-state index contributed by atoms with van der Waals surface area (Å²) in [4.78, 5) is 9.19. The van der Waals surface area contributed by atoms with Crippen LogP contribution in [0, 0.1) is 11.6 Å². The van der Waals surface area contributed by atoms with Gasteiger partial charge in [0.25, 0.3) is 0 Å². The number of carbonyl (C=O) groups excluding carboxylic acids is 1. The predicted octanol–water partition coefficient (Wildman–Crippen LogP) is 4.51. The zero-order valence-electron chi connectivity index (χ0n) is 13.9. The highest BCUT2D eigenvalue weighted by Gasteiger charge is 2.37. The van der Waals surface area contributed by atoms with Crippen molar-refractivity contribution in [3.05, 3.63) is 58.6 Å². The van der Waals surface area contributed by atoms with Gasteiger partial charge in [0.1, 0.15) is 17.4 Å². The predicted molar refractivity (Wildman–Crippen MR) is 94.2 cm³/mol. The number of rotatable bonds is 3. The van der Waals surface area contributed by atoms with Crippen LogP contribution in [0.1, 0.15) is 30.6 Å². The van der Waals surface area contributed by atoms with E-state index in [2.05, 4.69) is 0 Å². The Balaban J connectivity index is 0.000000552. The minimum atomic E-state index is -3.88. The van der Waals surface area contributed by atoms with Crippen LogP contribution < -0.4 is 4.74 Å². The molecule has 1 unspecified atom stereocenters. The van der Waals surface area contributed by atoms with Crippen LogP contribution in [0.15, 0.2) is 41.3 Å². The second kappa shape index (κ2) is 8.60. The van der Waals surface area contributed by atoms with Crippen molar-refractivity contribution in [2.24, 2.45) is 0 Å². The lowest BCUT2D eigenvalue weighted by atomic mass is 10.0. The van der Waals surface area contributed by atoms with Crippen molar-refractivity contribution in [1.29, 1.82) is 0 Å². The van der Waals surface area contributed by atoms with E-state index in [1.165, 1.54) is 24.3 Å². The molecule has 0 radical (unpaired) electrons. The van der Waals surface area contributed by atoms with E-state index in [0.29, 0.717) is 11.4 Å². The number of sulfone groups is 1. The van der Waals surface area contributed by atoms with E-state index in [1.807, 2.05) is 6.92 Å². The lowest BCUT2D eigenvalue weighted by Gasteiger charge is -2.26. The number of hydrogen-bond donors (Lipinski definition) is 0. The van der Waals surface area contributed by atoms with Gasteiger partial charge < -0.3 is 9.53 Å².